The van der Waals surface area contributed by atoms with Gasteiger partial charge in [0, 0.05) is 29.4 Å². The number of fused-ring (bicyclic) bond motifs is 1. The van der Waals surface area contributed by atoms with E-state index in [9.17, 15) is 0 Å². The molecule has 3 nitrogen and oxygen atoms in total. The van der Waals surface area contributed by atoms with Gasteiger partial charge in [-0.3, -0.25) is 4.98 Å². The molecule has 0 aliphatic rings. The van der Waals surface area contributed by atoms with Crippen LogP contribution in [-0.4, -0.2) is 18.1 Å². The van der Waals surface area contributed by atoms with Crippen molar-refractivity contribution in [3.8, 4) is 5.75 Å². The maximum atomic E-state index is 5.87. The maximum absolute atomic E-state index is 5.87. The van der Waals surface area contributed by atoms with Crippen molar-refractivity contribution in [2.75, 3.05) is 7.11 Å². The van der Waals surface area contributed by atoms with E-state index in [1.165, 1.54) is 5.39 Å². The molecule has 1 aromatic carbocycles. The van der Waals surface area contributed by atoms with E-state index in [0.717, 1.165) is 23.1 Å². The fraction of sp³-hybridized carbons (Fsp3) is 0.308. The fourth-order valence-electron chi connectivity index (χ4n) is 1.94. The zero-order chi connectivity index (χ0) is 11.5. The second-order valence-electron chi connectivity index (χ2n) is 4.02. The summed E-state index contributed by atoms with van der Waals surface area (Å²) in [4.78, 5) is 4.12. The van der Waals surface area contributed by atoms with E-state index >= 15 is 0 Å². The number of hydrogen-bond acceptors (Lipinski definition) is 3. The third kappa shape index (κ3) is 1.99. The van der Waals surface area contributed by atoms with E-state index in [4.69, 9.17) is 10.5 Å². The molecule has 1 unspecified atom stereocenters. The molecule has 1 heterocycles. The zero-order valence-electron chi connectivity index (χ0n) is 9.60. The number of nitrogens with two attached hydrogens (primary N) is 1. The molecule has 1 atom stereocenters. The Hall–Kier alpha value is -1.61. The zero-order valence-corrected chi connectivity index (χ0v) is 9.60. The molecule has 0 aliphatic carbocycles. The van der Waals surface area contributed by atoms with Crippen LogP contribution < -0.4 is 10.5 Å². The molecule has 0 radical (unpaired) electrons. The molecule has 0 aliphatic heterocycles. The minimum atomic E-state index is 0.118. The molecule has 0 fully saturated rings. The van der Waals surface area contributed by atoms with E-state index in [1.54, 1.807) is 13.3 Å². The lowest BCUT2D eigenvalue weighted by atomic mass is 10.00. The summed E-state index contributed by atoms with van der Waals surface area (Å²) < 4.78 is 5.38. The lowest BCUT2D eigenvalue weighted by molar-refractivity contribution is 0.409. The highest BCUT2D eigenvalue weighted by atomic mass is 16.5. The number of nitrogens with zero attached hydrogens (tertiary/aromatic N) is 1. The molecule has 0 bridgehead atoms. The second kappa shape index (κ2) is 4.49. The molecule has 0 saturated carbocycles. The van der Waals surface area contributed by atoms with Crippen LogP contribution in [-0.2, 0) is 6.42 Å². The molecule has 84 valence electrons. The van der Waals surface area contributed by atoms with Gasteiger partial charge in [0.25, 0.3) is 0 Å². The van der Waals surface area contributed by atoms with Gasteiger partial charge in [-0.15, -0.1) is 0 Å². The minimum Gasteiger partial charge on any atom is -0.496 e. The Morgan fingerprint density at radius 2 is 2.19 bits per heavy atom. The maximum Gasteiger partial charge on any atom is 0.122 e. The molecular formula is C13H16N2O. The van der Waals surface area contributed by atoms with Crippen LogP contribution in [0.4, 0.5) is 0 Å². The molecule has 0 spiro atoms. The largest absolute Gasteiger partial charge is 0.496 e. The van der Waals surface area contributed by atoms with Crippen molar-refractivity contribution in [3.05, 3.63) is 36.2 Å². The van der Waals surface area contributed by atoms with Gasteiger partial charge in [0.2, 0.25) is 0 Å². The summed E-state index contributed by atoms with van der Waals surface area (Å²) in [5, 5.41) is 2.30. The van der Waals surface area contributed by atoms with Crippen LogP contribution in [0.3, 0.4) is 0 Å². The van der Waals surface area contributed by atoms with Crippen molar-refractivity contribution in [1.29, 1.82) is 0 Å². The predicted molar refractivity (Wildman–Crippen MR) is 65.6 cm³/mol. The van der Waals surface area contributed by atoms with E-state index in [0.29, 0.717) is 0 Å². The van der Waals surface area contributed by atoms with Crippen LogP contribution in [0.1, 0.15) is 12.5 Å². The summed E-state index contributed by atoms with van der Waals surface area (Å²) >= 11 is 0. The quantitative estimate of drug-likeness (QED) is 0.855. The van der Waals surface area contributed by atoms with Crippen molar-refractivity contribution in [1.82, 2.24) is 4.98 Å². The Morgan fingerprint density at radius 3 is 2.88 bits per heavy atom. The number of benzene rings is 1. The summed E-state index contributed by atoms with van der Waals surface area (Å²) in [6, 6.07) is 6.12. The first kappa shape index (κ1) is 10.9. The average Bonchev–Trinajstić information content (AvgIpc) is 2.29. The van der Waals surface area contributed by atoms with E-state index in [2.05, 4.69) is 4.98 Å². The molecule has 2 aromatic rings. The Labute approximate surface area is 95.2 Å². The Kier molecular flexibility index (Phi) is 3.06. The molecule has 2 N–H and O–H groups in total. The van der Waals surface area contributed by atoms with E-state index in [1.807, 2.05) is 31.3 Å². The number of aromatic nitrogens is 1. The standard InChI is InChI=1S/C13H16N2O/c1-9(14)7-12-11-5-6-15-8-10(11)3-4-13(12)16-2/h3-6,8-9H,7,14H2,1-2H3. The summed E-state index contributed by atoms with van der Waals surface area (Å²) in [6.07, 6.45) is 4.47. The molecule has 3 heteroatoms. The first-order chi connectivity index (χ1) is 7.72. The van der Waals surface area contributed by atoms with Gasteiger partial charge < -0.3 is 10.5 Å². The number of pyridine rings is 1. The van der Waals surface area contributed by atoms with Gasteiger partial charge >= 0.3 is 0 Å². The second-order valence-corrected chi connectivity index (χ2v) is 4.02. The molecular weight excluding hydrogens is 200 g/mol. The lowest BCUT2D eigenvalue weighted by Gasteiger charge is -2.13. The highest BCUT2D eigenvalue weighted by molar-refractivity contribution is 5.87. The van der Waals surface area contributed by atoms with Crippen molar-refractivity contribution in [2.45, 2.75) is 19.4 Å². The van der Waals surface area contributed by atoms with Crippen LogP contribution in [0.5, 0.6) is 5.75 Å². The normalized spacial score (nSPS) is 12.7. The Morgan fingerprint density at radius 1 is 1.38 bits per heavy atom. The van der Waals surface area contributed by atoms with Crippen molar-refractivity contribution < 1.29 is 4.74 Å². The van der Waals surface area contributed by atoms with Crippen LogP contribution >= 0.6 is 0 Å². The van der Waals surface area contributed by atoms with Gasteiger partial charge in [-0.05, 0) is 36.9 Å². The SMILES string of the molecule is COc1ccc2cnccc2c1CC(C)N. The summed E-state index contributed by atoms with van der Waals surface area (Å²) in [7, 11) is 1.69. The lowest BCUT2D eigenvalue weighted by Crippen LogP contribution is -2.18. The summed E-state index contributed by atoms with van der Waals surface area (Å²) in [5.74, 6) is 0.899. The third-order valence-corrected chi connectivity index (χ3v) is 2.63. The van der Waals surface area contributed by atoms with Gasteiger partial charge in [-0.2, -0.15) is 0 Å². The molecule has 2 rings (SSSR count). The van der Waals surface area contributed by atoms with Crippen molar-refractivity contribution in [2.24, 2.45) is 5.73 Å². The van der Waals surface area contributed by atoms with E-state index in [-0.39, 0.29) is 6.04 Å². The summed E-state index contributed by atoms with van der Waals surface area (Å²) in [6.45, 7) is 2.00. The third-order valence-electron chi connectivity index (χ3n) is 2.63. The first-order valence-electron chi connectivity index (χ1n) is 5.37. The number of hydrogen-bond donors (Lipinski definition) is 1. The fourth-order valence-corrected chi connectivity index (χ4v) is 1.94. The molecule has 16 heavy (non-hydrogen) atoms. The van der Waals surface area contributed by atoms with E-state index < -0.39 is 0 Å². The van der Waals surface area contributed by atoms with Crippen molar-refractivity contribution >= 4 is 10.8 Å². The van der Waals surface area contributed by atoms with Gasteiger partial charge in [-0.1, -0.05) is 0 Å². The van der Waals surface area contributed by atoms with Gasteiger partial charge in [0.15, 0.2) is 0 Å². The smallest absolute Gasteiger partial charge is 0.122 e. The predicted octanol–water partition coefficient (Wildman–Crippen LogP) is 2.13. The highest BCUT2D eigenvalue weighted by Gasteiger charge is 2.09. The number of ether oxygens (including phenoxy) is 1. The Balaban J connectivity index is 2.63. The topological polar surface area (TPSA) is 48.1 Å². The monoisotopic (exact) mass is 216 g/mol. The number of rotatable bonds is 3. The van der Waals surface area contributed by atoms with Crippen LogP contribution in [0.25, 0.3) is 10.8 Å². The van der Waals surface area contributed by atoms with Crippen LogP contribution in [0.15, 0.2) is 30.6 Å². The van der Waals surface area contributed by atoms with Crippen LogP contribution in [0.2, 0.25) is 0 Å². The molecule has 0 amide bonds. The molecule has 0 saturated heterocycles. The van der Waals surface area contributed by atoms with Gasteiger partial charge in [-0.25, -0.2) is 0 Å². The number of methoxy groups -OCH3 is 1. The van der Waals surface area contributed by atoms with Gasteiger partial charge in [0.1, 0.15) is 5.75 Å². The first-order valence-corrected chi connectivity index (χ1v) is 5.37. The molecule has 1 aromatic heterocycles. The van der Waals surface area contributed by atoms with Crippen molar-refractivity contribution in [3.63, 3.8) is 0 Å². The average molecular weight is 216 g/mol. The Bertz CT molecular complexity index is 494. The van der Waals surface area contributed by atoms with Crippen LogP contribution in [0, 0.1) is 0 Å². The minimum absolute atomic E-state index is 0.118. The highest BCUT2D eigenvalue weighted by Crippen LogP contribution is 2.28. The van der Waals surface area contributed by atoms with Gasteiger partial charge in [0.05, 0.1) is 7.11 Å². The summed E-state index contributed by atoms with van der Waals surface area (Å²) in [5.41, 5.74) is 7.03.